The molecule has 1 aromatic rings. The lowest BCUT2D eigenvalue weighted by Gasteiger charge is -2.38. The number of likely N-dealkylation sites (tertiary alicyclic amines) is 1. The molecule has 3 rings (SSSR count). The van der Waals surface area contributed by atoms with Crippen LogP contribution in [-0.4, -0.2) is 42.6 Å². The first kappa shape index (κ1) is 15.5. The lowest BCUT2D eigenvalue weighted by molar-refractivity contribution is -0.929. The minimum absolute atomic E-state index is 0.0938. The first-order valence-corrected chi connectivity index (χ1v) is 8.42. The van der Waals surface area contributed by atoms with Crippen LogP contribution < -0.4 is 4.90 Å². The highest BCUT2D eigenvalue weighted by atomic mass is 19.1. The molecular weight excluding hydrogens is 279 g/mol. The van der Waals surface area contributed by atoms with E-state index in [2.05, 4.69) is 6.92 Å². The second kappa shape index (κ2) is 5.65. The number of carbonyl (C=O) groups excluding carboxylic acids is 1. The summed E-state index contributed by atoms with van der Waals surface area (Å²) in [6.45, 7) is 10.0. The van der Waals surface area contributed by atoms with E-state index in [1.54, 1.807) is 0 Å². The summed E-state index contributed by atoms with van der Waals surface area (Å²) in [6.07, 6.45) is 3.38. The van der Waals surface area contributed by atoms with Gasteiger partial charge in [0.25, 0.3) is 5.91 Å². The Bertz CT molecular complexity index is 570. The molecule has 2 saturated heterocycles. The van der Waals surface area contributed by atoms with E-state index in [0.717, 1.165) is 53.9 Å². The number of anilines is 1. The van der Waals surface area contributed by atoms with Gasteiger partial charge >= 0.3 is 0 Å². The predicted octanol–water partition coefficient (Wildman–Crippen LogP) is 3.18. The number of aryl methyl sites for hydroxylation is 2. The Hall–Kier alpha value is -1.42. The molecule has 2 heterocycles. The van der Waals surface area contributed by atoms with Gasteiger partial charge in [-0.05, 0) is 44.0 Å². The Kier molecular flexibility index (Phi) is 3.98. The monoisotopic (exact) mass is 305 g/mol. The van der Waals surface area contributed by atoms with Gasteiger partial charge in [-0.15, -0.1) is 0 Å². The van der Waals surface area contributed by atoms with Crippen LogP contribution in [0.25, 0.3) is 0 Å². The highest BCUT2D eigenvalue weighted by Crippen LogP contribution is 2.35. The van der Waals surface area contributed by atoms with Crippen LogP contribution in [0.15, 0.2) is 12.1 Å². The van der Waals surface area contributed by atoms with E-state index < -0.39 is 0 Å². The third-order valence-corrected chi connectivity index (χ3v) is 5.65. The second-order valence-electron chi connectivity index (χ2n) is 6.87. The highest BCUT2D eigenvalue weighted by Gasteiger charge is 2.48. The lowest BCUT2D eigenvalue weighted by Crippen LogP contribution is -2.56. The predicted molar refractivity (Wildman–Crippen MR) is 86.4 cm³/mol. The van der Waals surface area contributed by atoms with Gasteiger partial charge in [-0.2, -0.15) is 0 Å². The van der Waals surface area contributed by atoms with Crippen molar-refractivity contribution >= 4 is 11.6 Å². The van der Waals surface area contributed by atoms with E-state index in [0.29, 0.717) is 0 Å². The number of hydrogen-bond acceptors (Lipinski definition) is 1. The maximum Gasteiger partial charge on any atom is 0.285 e. The SMILES string of the molecule is CC[N+]1(C2CCN(c3c(C)cc(F)cc3C)C2=O)CCCC1. The van der Waals surface area contributed by atoms with Gasteiger partial charge in [0.1, 0.15) is 5.82 Å². The molecule has 0 bridgehead atoms. The van der Waals surface area contributed by atoms with Gasteiger partial charge in [0.05, 0.1) is 19.6 Å². The minimum atomic E-state index is -0.224. The number of amides is 1. The van der Waals surface area contributed by atoms with Gasteiger partial charge in [0.2, 0.25) is 0 Å². The normalized spacial score (nSPS) is 24.3. The summed E-state index contributed by atoms with van der Waals surface area (Å²) < 4.78 is 14.5. The molecule has 4 heteroatoms. The molecule has 2 fully saturated rings. The quantitative estimate of drug-likeness (QED) is 0.786. The van der Waals surface area contributed by atoms with Crippen molar-refractivity contribution in [1.29, 1.82) is 0 Å². The summed E-state index contributed by atoms with van der Waals surface area (Å²) in [6, 6.07) is 3.16. The molecule has 0 radical (unpaired) electrons. The molecule has 1 unspecified atom stereocenters. The zero-order valence-electron chi connectivity index (χ0n) is 13.9. The van der Waals surface area contributed by atoms with E-state index >= 15 is 0 Å². The van der Waals surface area contributed by atoms with Crippen molar-refractivity contribution in [1.82, 2.24) is 0 Å². The number of benzene rings is 1. The first-order valence-electron chi connectivity index (χ1n) is 8.42. The molecular formula is C18H26FN2O+. The van der Waals surface area contributed by atoms with Crippen molar-refractivity contribution < 1.29 is 13.7 Å². The van der Waals surface area contributed by atoms with Crippen molar-refractivity contribution in [2.75, 3.05) is 31.1 Å². The van der Waals surface area contributed by atoms with Crippen LogP contribution in [0.5, 0.6) is 0 Å². The number of quaternary nitrogens is 1. The Morgan fingerprint density at radius 1 is 1.23 bits per heavy atom. The Labute approximate surface area is 132 Å². The molecule has 0 spiro atoms. The molecule has 120 valence electrons. The molecule has 0 saturated carbocycles. The third kappa shape index (κ3) is 2.34. The van der Waals surface area contributed by atoms with Gasteiger partial charge in [0, 0.05) is 31.5 Å². The first-order chi connectivity index (χ1) is 10.5. The van der Waals surface area contributed by atoms with Gasteiger partial charge in [0.15, 0.2) is 6.04 Å². The summed E-state index contributed by atoms with van der Waals surface area (Å²) >= 11 is 0. The molecule has 22 heavy (non-hydrogen) atoms. The second-order valence-corrected chi connectivity index (χ2v) is 6.87. The fraction of sp³-hybridized carbons (Fsp3) is 0.611. The largest absolute Gasteiger partial charge is 0.314 e. The van der Waals surface area contributed by atoms with E-state index in [9.17, 15) is 9.18 Å². The standard InChI is InChI=1S/C18H26FN2O/c1-4-21(9-5-6-10-21)16-7-8-20(18(16)22)17-13(2)11-15(19)12-14(17)3/h11-12,16H,4-10H2,1-3H3/q+1. The smallest absolute Gasteiger partial charge is 0.285 e. The Balaban J connectivity index is 1.91. The van der Waals surface area contributed by atoms with Crippen molar-refractivity contribution in [3.63, 3.8) is 0 Å². The summed E-state index contributed by atoms with van der Waals surface area (Å²) in [5.41, 5.74) is 2.63. The number of halogens is 1. The molecule has 3 nitrogen and oxygen atoms in total. The number of carbonyl (C=O) groups is 1. The molecule has 1 atom stereocenters. The van der Waals surface area contributed by atoms with Crippen LogP contribution in [0.3, 0.4) is 0 Å². The summed E-state index contributed by atoms with van der Waals surface area (Å²) in [4.78, 5) is 15.0. The molecule has 1 amide bonds. The van der Waals surface area contributed by atoms with Crippen molar-refractivity contribution in [3.8, 4) is 0 Å². The van der Waals surface area contributed by atoms with Crippen LogP contribution in [0.2, 0.25) is 0 Å². The minimum Gasteiger partial charge on any atom is -0.314 e. The van der Waals surface area contributed by atoms with Crippen LogP contribution >= 0.6 is 0 Å². The number of hydrogen-bond donors (Lipinski definition) is 0. The van der Waals surface area contributed by atoms with Crippen molar-refractivity contribution in [3.05, 3.63) is 29.1 Å². The topological polar surface area (TPSA) is 20.3 Å². The lowest BCUT2D eigenvalue weighted by atomic mass is 10.1. The number of likely N-dealkylation sites (N-methyl/N-ethyl adjacent to an activating group) is 1. The fourth-order valence-corrected chi connectivity index (χ4v) is 4.54. The van der Waals surface area contributed by atoms with Crippen LogP contribution in [0, 0.1) is 19.7 Å². The Morgan fingerprint density at radius 3 is 2.36 bits per heavy atom. The molecule has 0 aromatic heterocycles. The summed E-state index contributed by atoms with van der Waals surface area (Å²) in [7, 11) is 0. The molecule has 2 aliphatic heterocycles. The van der Waals surface area contributed by atoms with Gasteiger partial charge in [-0.1, -0.05) is 0 Å². The summed E-state index contributed by atoms with van der Waals surface area (Å²) in [5, 5.41) is 0. The van der Waals surface area contributed by atoms with Gasteiger partial charge in [-0.3, -0.25) is 4.79 Å². The van der Waals surface area contributed by atoms with E-state index in [1.807, 2.05) is 18.7 Å². The average Bonchev–Trinajstić information content (AvgIpc) is 3.06. The number of rotatable bonds is 3. The maximum atomic E-state index is 13.5. The highest BCUT2D eigenvalue weighted by molar-refractivity contribution is 6.00. The fourth-order valence-electron chi connectivity index (χ4n) is 4.54. The molecule has 1 aromatic carbocycles. The molecule has 0 aliphatic carbocycles. The average molecular weight is 305 g/mol. The zero-order valence-corrected chi connectivity index (χ0v) is 13.9. The van der Waals surface area contributed by atoms with Crippen molar-refractivity contribution in [2.24, 2.45) is 0 Å². The van der Waals surface area contributed by atoms with E-state index in [4.69, 9.17) is 0 Å². The van der Waals surface area contributed by atoms with Crippen molar-refractivity contribution in [2.45, 2.75) is 46.1 Å². The van der Waals surface area contributed by atoms with Gasteiger partial charge in [-0.25, -0.2) is 4.39 Å². The van der Waals surface area contributed by atoms with E-state index in [1.165, 1.54) is 25.0 Å². The Morgan fingerprint density at radius 2 is 1.82 bits per heavy atom. The van der Waals surface area contributed by atoms with E-state index in [-0.39, 0.29) is 17.8 Å². The van der Waals surface area contributed by atoms with Gasteiger partial charge < -0.3 is 9.38 Å². The summed E-state index contributed by atoms with van der Waals surface area (Å²) in [5.74, 6) is 0.0140. The van der Waals surface area contributed by atoms with Crippen LogP contribution in [-0.2, 0) is 4.79 Å². The zero-order chi connectivity index (χ0) is 15.9. The maximum absolute atomic E-state index is 13.5. The number of nitrogens with zero attached hydrogens (tertiary/aromatic N) is 2. The third-order valence-electron chi connectivity index (χ3n) is 5.65. The van der Waals surface area contributed by atoms with Crippen LogP contribution in [0.4, 0.5) is 10.1 Å². The van der Waals surface area contributed by atoms with Crippen LogP contribution in [0.1, 0.15) is 37.3 Å². The molecule has 2 aliphatic rings. The molecule has 0 N–H and O–H groups in total.